The Morgan fingerprint density at radius 1 is 1.33 bits per heavy atom. The first-order valence-corrected chi connectivity index (χ1v) is 7.09. The molecule has 118 valence electrons. The predicted molar refractivity (Wildman–Crippen MR) is 85.2 cm³/mol. The first kappa shape index (κ1) is 17.2. The van der Waals surface area contributed by atoms with E-state index in [1.54, 1.807) is 7.05 Å². The summed E-state index contributed by atoms with van der Waals surface area (Å²) in [6, 6.07) is 0. The zero-order valence-electron chi connectivity index (χ0n) is 13.7. The largest absolute Gasteiger partial charge is 0.359 e. The van der Waals surface area contributed by atoms with Gasteiger partial charge in [-0.1, -0.05) is 20.8 Å². The van der Waals surface area contributed by atoms with Crippen molar-refractivity contribution in [2.45, 2.75) is 33.6 Å². The lowest BCUT2D eigenvalue weighted by atomic mass is 10.1. The quantitative estimate of drug-likeness (QED) is 0.535. The Kier molecular flexibility index (Phi) is 5.90. The summed E-state index contributed by atoms with van der Waals surface area (Å²) in [6.45, 7) is 8.43. The molecule has 1 atom stereocenters. The molecule has 0 saturated carbocycles. The Morgan fingerprint density at radius 2 is 1.95 bits per heavy atom. The summed E-state index contributed by atoms with van der Waals surface area (Å²) in [7, 11) is 3.56. The van der Waals surface area contributed by atoms with Crippen molar-refractivity contribution in [2.24, 2.45) is 11.8 Å². The van der Waals surface area contributed by atoms with Crippen molar-refractivity contribution in [3.63, 3.8) is 0 Å². The molecule has 1 heterocycles. The maximum absolute atomic E-state index is 11.7. The Morgan fingerprint density at radius 3 is 2.43 bits per heavy atom. The average Bonchev–Trinajstić information content (AvgIpc) is 2.45. The maximum Gasteiger partial charge on any atom is 0.224 e. The van der Waals surface area contributed by atoms with Crippen LogP contribution in [0.15, 0.2) is 0 Å². The van der Waals surface area contributed by atoms with Gasteiger partial charge in [-0.2, -0.15) is 0 Å². The minimum absolute atomic E-state index is 0.00909. The number of aromatic nitrogens is 2. The van der Waals surface area contributed by atoms with Crippen LogP contribution < -0.4 is 21.5 Å². The van der Waals surface area contributed by atoms with Gasteiger partial charge in [-0.25, -0.2) is 15.8 Å². The van der Waals surface area contributed by atoms with Crippen molar-refractivity contribution in [3.8, 4) is 0 Å². The maximum atomic E-state index is 11.7. The van der Waals surface area contributed by atoms with Crippen molar-refractivity contribution in [1.82, 2.24) is 15.3 Å². The second-order valence-corrected chi connectivity index (χ2v) is 5.57. The third-order valence-corrected chi connectivity index (χ3v) is 3.39. The number of nitrogen functional groups attached to an aromatic ring is 1. The van der Waals surface area contributed by atoms with Gasteiger partial charge in [0.2, 0.25) is 5.91 Å². The number of hydrazine groups is 1. The standard InChI is InChI=1S/C14H26N6O/c1-8(2)11-17-12(19-15)10(4)13(18-11)20(6)7-9(3)14(21)16-5/h8-9H,7,15H2,1-6H3,(H,16,21)(H,17,18,19). The van der Waals surface area contributed by atoms with Crippen LogP contribution in [0.4, 0.5) is 11.6 Å². The number of hydrogen-bond acceptors (Lipinski definition) is 6. The SMILES string of the molecule is CNC(=O)C(C)CN(C)c1nc(C(C)C)nc(NN)c1C. The molecular weight excluding hydrogens is 268 g/mol. The van der Waals surface area contributed by atoms with Gasteiger partial charge < -0.3 is 15.6 Å². The molecule has 0 bridgehead atoms. The van der Waals surface area contributed by atoms with Crippen molar-refractivity contribution in [2.75, 3.05) is 31.0 Å². The molecule has 0 aliphatic rings. The van der Waals surface area contributed by atoms with Gasteiger partial charge in [-0.3, -0.25) is 4.79 Å². The molecule has 1 aromatic heterocycles. The van der Waals surface area contributed by atoms with Gasteiger partial charge in [-0.05, 0) is 6.92 Å². The highest BCUT2D eigenvalue weighted by atomic mass is 16.1. The molecule has 0 radical (unpaired) electrons. The highest BCUT2D eigenvalue weighted by molar-refractivity contribution is 5.78. The Bertz CT molecular complexity index is 502. The second kappa shape index (κ2) is 7.21. The first-order valence-electron chi connectivity index (χ1n) is 7.09. The molecule has 1 aromatic rings. The normalized spacial score (nSPS) is 12.2. The molecule has 0 aliphatic heterocycles. The number of carbonyl (C=O) groups excluding carboxylic acids is 1. The van der Waals surface area contributed by atoms with Gasteiger partial charge in [0.25, 0.3) is 0 Å². The zero-order chi connectivity index (χ0) is 16.2. The molecule has 1 unspecified atom stereocenters. The van der Waals surface area contributed by atoms with Crippen molar-refractivity contribution < 1.29 is 4.79 Å². The Balaban J connectivity index is 3.10. The number of hydrogen-bond donors (Lipinski definition) is 3. The molecule has 0 fully saturated rings. The molecular formula is C14H26N6O. The van der Waals surface area contributed by atoms with Gasteiger partial charge in [0.1, 0.15) is 17.5 Å². The lowest BCUT2D eigenvalue weighted by molar-refractivity contribution is -0.123. The molecule has 7 heteroatoms. The van der Waals surface area contributed by atoms with E-state index in [2.05, 4.69) is 20.7 Å². The van der Waals surface area contributed by atoms with Crippen LogP contribution >= 0.6 is 0 Å². The number of rotatable bonds is 6. The first-order chi connectivity index (χ1) is 9.81. The molecule has 21 heavy (non-hydrogen) atoms. The molecule has 7 nitrogen and oxygen atoms in total. The smallest absolute Gasteiger partial charge is 0.224 e. The Hall–Kier alpha value is -1.89. The summed E-state index contributed by atoms with van der Waals surface area (Å²) in [5.74, 6) is 7.74. The number of nitrogens with one attached hydrogen (secondary N) is 2. The molecule has 1 rings (SSSR count). The summed E-state index contributed by atoms with van der Waals surface area (Å²) in [5.41, 5.74) is 3.48. The van der Waals surface area contributed by atoms with Crippen molar-refractivity contribution >= 4 is 17.5 Å². The van der Waals surface area contributed by atoms with Crippen LogP contribution in [0.1, 0.15) is 38.1 Å². The van der Waals surface area contributed by atoms with E-state index in [-0.39, 0.29) is 17.7 Å². The summed E-state index contributed by atoms with van der Waals surface area (Å²) < 4.78 is 0. The molecule has 4 N–H and O–H groups in total. The highest BCUT2D eigenvalue weighted by Gasteiger charge is 2.19. The fourth-order valence-corrected chi connectivity index (χ4v) is 2.12. The molecule has 0 spiro atoms. The van der Waals surface area contributed by atoms with Crippen molar-refractivity contribution in [3.05, 3.63) is 11.4 Å². The van der Waals surface area contributed by atoms with Crippen LogP contribution in [0.5, 0.6) is 0 Å². The molecule has 0 saturated heterocycles. The van der Waals surface area contributed by atoms with Gasteiger partial charge in [0.15, 0.2) is 0 Å². The second-order valence-electron chi connectivity index (χ2n) is 5.57. The molecule has 0 aromatic carbocycles. The average molecular weight is 294 g/mol. The summed E-state index contributed by atoms with van der Waals surface area (Å²) in [6.07, 6.45) is 0. The minimum Gasteiger partial charge on any atom is -0.359 e. The van der Waals surface area contributed by atoms with E-state index in [1.807, 2.05) is 39.6 Å². The Labute approximate surface area is 126 Å². The molecule has 0 aliphatic carbocycles. The summed E-state index contributed by atoms with van der Waals surface area (Å²) in [5, 5.41) is 2.66. The number of anilines is 2. The lowest BCUT2D eigenvalue weighted by Crippen LogP contribution is -2.35. The third kappa shape index (κ3) is 4.04. The van der Waals surface area contributed by atoms with E-state index < -0.39 is 0 Å². The van der Waals surface area contributed by atoms with E-state index in [0.29, 0.717) is 12.4 Å². The zero-order valence-corrected chi connectivity index (χ0v) is 13.7. The van der Waals surface area contributed by atoms with E-state index in [0.717, 1.165) is 17.2 Å². The van der Waals surface area contributed by atoms with Crippen LogP contribution in [0, 0.1) is 12.8 Å². The van der Waals surface area contributed by atoms with Crippen LogP contribution in [0.25, 0.3) is 0 Å². The fraction of sp³-hybridized carbons (Fsp3) is 0.643. The minimum atomic E-state index is -0.133. The van der Waals surface area contributed by atoms with Gasteiger partial charge in [-0.15, -0.1) is 0 Å². The number of amides is 1. The highest BCUT2D eigenvalue weighted by Crippen LogP contribution is 2.25. The van der Waals surface area contributed by atoms with Crippen LogP contribution in [0.3, 0.4) is 0 Å². The van der Waals surface area contributed by atoms with Gasteiger partial charge in [0.05, 0.1) is 5.92 Å². The lowest BCUT2D eigenvalue weighted by Gasteiger charge is -2.25. The van der Waals surface area contributed by atoms with Crippen molar-refractivity contribution in [1.29, 1.82) is 0 Å². The van der Waals surface area contributed by atoms with E-state index in [9.17, 15) is 4.79 Å². The monoisotopic (exact) mass is 294 g/mol. The van der Waals surface area contributed by atoms with Crippen LogP contribution in [-0.2, 0) is 4.79 Å². The van der Waals surface area contributed by atoms with Crippen LogP contribution in [-0.4, -0.2) is 36.5 Å². The number of nitrogens with two attached hydrogens (primary N) is 1. The third-order valence-electron chi connectivity index (χ3n) is 3.39. The number of nitrogens with zero attached hydrogens (tertiary/aromatic N) is 3. The van der Waals surface area contributed by atoms with Crippen LogP contribution in [0.2, 0.25) is 0 Å². The van der Waals surface area contributed by atoms with E-state index in [1.165, 1.54) is 0 Å². The topological polar surface area (TPSA) is 96.2 Å². The number of carbonyl (C=O) groups is 1. The van der Waals surface area contributed by atoms with Gasteiger partial charge in [0, 0.05) is 32.1 Å². The summed E-state index contributed by atoms with van der Waals surface area (Å²) >= 11 is 0. The van der Waals surface area contributed by atoms with E-state index in [4.69, 9.17) is 5.84 Å². The summed E-state index contributed by atoms with van der Waals surface area (Å²) in [4.78, 5) is 22.6. The predicted octanol–water partition coefficient (Wildman–Crippen LogP) is 1.01. The molecule has 1 amide bonds. The van der Waals surface area contributed by atoms with Gasteiger partial charge >= 0.3 is 0 Å². The fourth-order valence-electron chi connectivity index (χ4n) is 2.12. The van der Waals surface area contributed by atoms with E-state index >= 15 is 0 Å².